The van der Waals surface area contributed by atoms with E-state index in [-0.39, 0.29) is 17.3 Å². The number of anilines is 1. The van der Waals surface area contributed by atoms with Crippen molar-refractivity contribution in [1.29, 1.82) is 0 Å². The van der Waals surface area contributed by atoms with Crippen molar-refractivity contribution in [3.8, 4) is 0 Å². The Labute approximate surface area is 180 Å². The van der Waals surface area contributed by atoms with Gasteiger partial charge in [0.25, 0.3) is 0 Å². The van der Waals surface area contributed by atoms with Crippen LogP contribution in [-0.2, 0) is 26.2 Å². The molecule has 10 heteroatoms. The monoisotopic (exact) mass is 455 g/mol. The molecule has 0 aliphatic rings. The fraction of sp³-hybridized carbons (Fsp3) is 0.300. The van der Waals surface area contributed by atoms with Crippen LogP contribution in [0.25, 0.3) is 0 Å². The quantitative estimate of drug-likeness (QED) is 0.662. The van der Waals surface area contributed by atoms with Gasteiger partial charge < -0.3 is 10.2 Å². The number of rotatable bonds is 8. The molecule has 0 aliphatic carbocycles. The van der Waals surface area contributed by atoms with E-state index in [0.717, 1.165) is 10.6 Å². The molecular formula is C20H23ClFN3O4S. The standard InChI is InChI=1S/C20H23ClFN3O4S/c1-14(20(27)23-2)24(12-15-8-10-16(22)11-9-15)19(26)13-25(30(3,28)29)18-7-5-4-6-17(18)21/h4-11,14H,12-13H2,1-3H3,(H,23,27)/t14-/m0/s1. The highest BCUT2D eigenvalue weighted by Gasteiger charge is 2.30. The number of likely N-dealkylation sites (N-methyl/N-ethyl adjacent to an activating group) is 1. The molecule has 1 atom stereocenters. The van der Waals surface area contributed by atoms with Gasteiger partial charge in [-0.15, -0.1) is 0 Å². The van der Waals surface area contributed by atoms with Gasteiger partial charge in [-0.1, -0.05) is 35.9 Å². The van der Waals surface area contributed by atoms with E-state index in [4.69, 9.17) is 11.6 Å². The van der Waals surface area contributed by atoms with E-state index in [1.54, 1.807) is 12.1 Å². The van der Waals surface area contributed by atoms with E-state index < -0.39 is 40.2 Å². The van der Waals surface area contributed by atoms with Crippen LogP contribution in [0.3, 0.4) is 0 Å². The van der Waals surface area contributed by atoms with Gasteiger partial charge in [0.1, 0.15) is 18.4 Å². The summed E-state index contributed by atoms with van der Waals surface area (Å²) in [5.41, 5.74) is 0.744. The van der Waals surface area contributed by atoms with Crippen LogP contribution in [-0.4, -0.2) is 51.0 Å². The van der Waals surface area contributed by atoms with E-state index in [0.29, 0.717) is 5.56 Å². The summed E-state index contributed by atoms with van der Waals surface area (Å²) in [6, 6.07) is 10.8. The third-order valence-corrected chi connectivity index (χ3v) is 5.93. The van der Waals surface area contributed by atoms with Crippen LogP contribution in [0.1, 0.15) is 12.5 Å². The molecule has 0 fully saturated rings. The highest BCUT2D eigenvalue weighted by Crippen LogP contribution is 2.27. The molecule has 2 aromatic rings. The topological polar surface area (TPSA) is 86.8 Å². The molecule has 0 spiro atoms. The third-order valence-electron chi connectivity index (χ3n) is 4.48. The second kappa shape index (κ2) is 9.90. The number of benzene rings is 2. The lowest BCUT2D eigenvalue weighted by Crippen LogP contribution is -2.50. The summed E-state index contributed by atoms with van der Waals surface area (Å²) in [6.45, 7) is 0.972. The van der Waals surface area contributed by atoms with Crippen LogP contribution in [0.2, 0.25) is 5.02 Å². The minimum absolute atomic E-state index is 0.00613. The van der Waals surface area contributed by atoms with Gasteiger partial charge >= 0.3 is 0 Å². The Hall–Kier alpha value is -2.65. The van der Waals surface area contributed by atoms with Crippen LogP contribution < -0.4 is 9.62 Å². The Kier molecular flexibility index (Phi) is 7.80. The maximum absolute atomic E-state index is 13.2. The number of sulfonamides is 1. The number of nitrogens with one attached hydrogen (secondary N) is 1. The van der Waals surface area contributed by atoms with Crippen molar-refractivity contribution >= 4 is 39.1 Å². The van der Waals surface area contributed by atoms with Gasteiger partial charge in [0.2, 0.25) is 21.8 Å². The summed E-state index contributed by atoms with van der Waals surface area (Å²) in [5.74, 6) is -1.46. The van der Waals surface area contributed by atoms with E-state index in [9.17, 15) is 22.4 Å². The number of halogens is 2. The molecule has 0 unspecified atom stereocenters. The first kappa shape index (κ1) is 23.6. The molecule has 162 valence electrons. The molecule has 0 bridgehead atoms. The van der Waals surface area contributed by atoms with Crippen molar-refractivity contribution in [2.75, 3.05) is 24.2 Å². The molecular weight excluding hydrogens is 433 g/mol. The maximum Gasteiger partial charge on any atom is 0.244 e. The molecule has 2 rings (SSSR count). The lowest BCUT2D eigenvalue weighted by molar-refractivity contribution is -0.139. The summed E-state index contributed by atoms with van der Waals surface area (Å²) in [5, 5.41) is 2.64. The van der Waals surface area contributed by atoms with Gasteiger partial charge in [-0.25, -0.2) is 12.8 Å². The molecule has 0 radical (unpaired) electrons. The van der Waals surface area contributed by atoms with Crippen molar-refractivity contribution < 1.29 is 22.4 Å². The number of para-hydroxylation sites is 1. The lowest BCUT2D eigenvalue weighted by Gasteiger charge is -2.31. The smallest absolute Gasteiger partial charge is 0.244 e. The Morgan fingerprint density at radius 2 is 1.73 bits per heavy atom. The molecule has 0 heterocycles. The zero-order valence-corrected chi connectivity index (χ0v) is 18.4. The minimum Gasteiger partial charge on any atom is -0.357 e. The number of carbonyl (C=O) groups is 2. The highest BCUT2D eigenvalue weighted by molar-refractivity contribution is 7.92. The lowest BCUT2D eigenvalue weighted by atomic mass is 10.1. The molecule has 30 heavy (non-hydrogen) atoms. The summed E-state index contributed by atoms with van der Waals surface area (Å²) >= 11 is 6.14. The molecule has 0 aliphatic heterocycles. The summed E-state index contributed by atoms with van der Waals surface area (Å²) in [7, 11) is -2.41. The fourth-order valence-electron chi connectivity index (χ4n) is 2.83. The zero-order valence-electron chi connectivity index (χ0n) is 16.8. The number of amides is 2. The second-order valence-corrected chi connectivity index (χ2v) is 8.97. The second-order valence-electron chi connectivity index (χ2n) is 6.66. The largest absolute Gasteiger partial charge is 0.357 e. The van der Waals surface area contributed by atoms with Gasteiger partial charge in [-0.05, 0) is 36.8 Å². The Balaban J connectivity index is 2.38. The summed E-state index contributed by atoms with van der Waals surface area (Å²) in [6.07, 6.45) is 0.968. The number of hydrogen-bond donors (Lipinski definition) is 1. The van der Waals surface area contributed by atoms with Crippen molar-refractivity contribution in [3.63, 3.8) is 0 Å². The van der Waals surface area contributed by atoms with Gasteiger partial charge in [-0.2, -0.15) is 0 Å². The molecule has 0 aromatic heterocycles. The van der Waals surface area contributed by atoms with Crippen molar-refractivity contribution in [2.24, 2.45) is 0 Å². The zero-order chi connectivity index (χ0) is 22.5. The molecule has 2 amide bonds. The Bertz CT molecular complexity index is 1010. The molecule has 2 aromatic carbocycles. The average molecular weight is 456 g/mol. The van der Waals surface area contributed by atoms with Crippen LogP contribution in [0.15, 0.2) is 48.5 Å². The van der Waals surface area contributed by atoms with Gasteiger partial charge in [0.15, 0.2) is 0 Å². The van der Waals surface area contributed by atoms with Gasteiger partial charge in [0.05, 0.1) is 17.0 Å². The molecule has 7 nitrogen and oxygen atoms in total. The minimum atomic E-state index is -3.85. The fourth-order valence-corrected chi connectivity index (χ4v) is 3.98. The van der Waals surface area contributed by atoms with E-state index in [2.05, 4.69) is 5.32 Å². The molecule has 0 saturated carbocycles. The predicted octanol–water partition coefficient (Wildman–Crippen LogP) is 2.41. The Morgan fingerprint density at radius 3 is 2.27 bits per heavy atom. The number of carbonyl (C=O) groups excluding carboxylic acids is 2. The number of hydrogen-bond acceptors (Lipinski definition) is 4. The van der Waals surface area contributed by atoms with Crippen molar-refractivity contribution in [3.05, 3.63) is 64.9 Å². The first-order valence-corrected chi connectivity index (χ1v) is 11.2. The van der Waals surface area contributed by atoms with Gasteiger partial charge in [0, 0.05) is 13.6 Å². The SMILES string of the molecule is CNC(=O)[C@H](C)N(Cc1ccc(F)cc1)C(=O)CN(c1ccccc1Cl)S(C)(=O)=O. The highest BCUT2D eigenvalue weighted by atomic mass is 35.5. The third kappa shape index (κ3) is 5.93. The maximum atomic E-state index is 13.2. The molecule has 0 saturated heterocycles. The van der Waals surface area contributed by atoms with Gasteiger partial charge in [-0.3, -0.25) is 13.9 Å². The average Bonchev–Trinajstić information content (AvgIpc) is 2.70. The first-order valence-electron chi connectivity index (χ1n) is 9.02. The van der Waals surface area contributed by atoms with Crippen molar-refractivity contribution in [1.82, 2.24) is 10.2 Å². The number of nitrogens with zero attached hydrogens (tertiary/aromatic N) is 2. The molecule has 1 N–H and O–H groups in total. The predicted molar refractivity (Wildman–Crippen MR) is 114 cm³/mol. The summed E-state index contributed by atoms with van der Waals surface area (Å²) < 4.78 is 38.9. The van der Waals surface area contributed by atoms with Crippen LogP contribution >= 0.6 is 11.6 Å². The van der Waals surface area contributed by atoms with E-state index in [1.165, 1.54) is 55.3 Å². The van der Waals surface area contributed by atoms with E-state index in [1.807, 2.05) is 0 Å². The Morgan fingerprint density at radius 1 is 1.13 bits per heavy atom. The van der Waals surface area contributed by atoms with Crippen LogP contribution in [0.5, 0.6) is 0 Å². The first-order chi connectivity index (χ1) is 14.0. The van der Waals surface area contributed by atoms with E-state index >= 15 is 0 Å². The summed E-state index contributed by atoms with van der Waals surface area (Å²) in [4.78, 5) is 26.6. The van der Waals surface area contributed by atoms with Crippen LogP contribution in [0, 0.1) is 5.82 Å². The van der Waals surface area contributed by atoms with Crippen LogP contribution in [0.4, 0.5) is 10.1 Å². The van der Waals surface area contributed by atoms with Crippen molar-refractivity contribution in [2.45, 2.75) is 19.5 Å². The normalized spacial score (nSPS) is 12.2.